The second-order valence-electron chi connectivity index (χ2n) is 8.56. The van der Waals surface area contributed by atoms with E-state index in [-0.39, 0.29) is 12.5 Å². The molecule has 7 heteroatoms. The topological polar surface area (TPSA) is 77.9 Å². The Morgan fingerprint density at radius 3 is 2.51 bits per heavy atom. The molecule has 182 valence electrons. The number of anilines is 2. The van der Waals surface area contributed by atoms with Gasteiger partial charge in [-0.15, -0.1) is 0 Å². The number of aromatic nitrogens is 1. The van der Waals surface area contributed by atoms with Gasteiger partial charge in [0.1, 0.15) is 24.3 Å². The zero-order valence-corrected chi connectivity index (χ0v) is 19.8. The Morgan fingerprint density at radius 1 is 1.00 bits per heavy atom. The van der Waals surface area contributed by atoms with Crippen molar-refractivity contribution in [3.05, 3.63) is 90.6 Å². The van der Waals surface area contributed by atoms with Crippen molar-refractivity contribution in [3.8, 4) is 5.75 Å². The highest BCUT2D eigenvalue weighted by atomic mass is 16.5. The molecule has 1 atom stereocenters. The Morgan fingerprint density at radius 2 is 1.77 bits per heavy atom. The van der Waals surface area contributed by atoms with Crippen LogP contribution in [0.5, 0.6) is 5.75 Å². The third kappa shape index (κ3) is 7.95. The second kappa shape index (κ2) is 12.7. The van der Waals surface area contributed by atoms with Gasteiger partial charge in [0.15, 0.2) is 0 Å². The molecule has 1 aliphatic rings. The van der Waals surface area contributed by atoms with Gasteiger partial charge in [-0.25, -0.2) is 4.98 Å². The third-order valence-electron chi connectivity index (χ3n) is 5.81. The SMILES string of the molecule is O=C(/C=C/c1ccccc1)Nc1ccc(N2CCCN(CC(O)COc3ccccc3)CC2)nc1. The van der Waals surface area contributed by atoms with Gasteiger partial charge in [-0.05, 0) is 48.9 Å². The lowest BCUT2D eigenvalue weighted by Gasteiger charge is -2.24. The number of amides is 1. The van der Waals surface area contributed by atoms with Crippen molar-refractivity contribution in [2.45, 2.75) is 12.5 Å². The van der Waals surface area contributed by atoms with E-state index in [2.05, 4.69) is 20.1 Å². The van der Waals surface area contributed by atoms with Crippen LogP contribution in [0.3, 0.4) is 0 Å². The van der Waals surface area contributed by atoms with E-state index in [0.717, 1.165) is 49.7 Å². The van der Waals surface area contributed by atoms with Gasteiger partial charge >= 0.3 is 0 Å². The zero-order chi connectivity index (χ0) is 24.3. The summed E-state index contributed by atoms with van der Waals surface area (Å²) in [6.07, 6.45) is 5.43. The van der Waals surface area contributed by atoms with Crippen LogP contribution >= 0.6 is 0 Å². The lowest BCUT2D eigenvalue weighted by Crippen LogP contribution is -2.38. The molecule has 4 rings (SSSR count). The van der Waals surface area contributed by atoms with Crippen molar-refractivity contribution in [1.82, 2.24) is 9.88 Å². The van der Waals surface area contributed by atoms with Crippen LogP contribution in [0.15, 0.2) is 85.1 Å². The van der Waals surface area contributed by atoms with Gasteiger partial charge in [-0.3, -0.25) is 9.69 Å². The number of benzene rings is 2. The maximum atomic E-state index is 12.2. The van der Waals surface area contributed by atoms with Crippen molar-refractivity contribution in [1.29, 1.82) is 0 Å². The summed E-state index contributed by atoms with van der Waals surface area (Å²) in [5.41, 5.74) is 1.64. The van der Waals surface area contributed by atoms with E-state index in [9.17, 15) is 9.90 Å². The molecule has 1 amide bonds. The minimum atomic E-state index is -0.543. The molecule has 1 aromatic heterocycles. The Balaban J connectivity index is 1.22. The fourth-order valence-electron chi connectivity index (χ4n) is 4.01. The van der Waals surface area contributed by atoms with E-state index in [0.29, 0.717) is 12.2 Å². The standard InChI is InChI=1S/C28H32N4O3/c33-25(22-35-26-10-5-2-6-11-26)21-31-16-7-17-32(19-18-31)27-14-13-24(20-29-27)30-28(34)15-12-23-8-3-1-4-9-23/h1-6,8-15,20,25,33H,7,16-19,21-22H2,(H,30,34)/b15-12+. The summed E-state index contributed by atoms with van der Waals surface area (Å²) in [7, 11) is 0. The highest BCUT2D eigenvalue weighted by Crippen LogP contribution is 2.17. The molecule has 1 saturated heterocycles. The van der Waals surface area contributed by atoms with Gasteiger partial charge in [0.25, 0.3) is 0 Å². The van der Waals surface area contributed by atoms with E-state index in [1.165, 1.54) is 6.08 Å². The maximum Gasteiger partial charge on any atom is 0.248 e. The van der Waals surface area contributed by atoms with Crippen LogP contribution in [0.25, 0.3) is 6.08 Å². The number of aliphatic hydroxyl groups is 1. The highest BCUT2D eigenvalue weighted by Gasteiger charge is 2.18. The summed E-state index contributed by atoms with van der Waals surface area (Å²) in [6, 6.07) is 23.1. The summed E-state index contributed by atoms with van der Waals surface area (Å²) in [6.45, 7) is 4.33. The van der Waals surface area contributed by atoms with Crippen LogP contribution in [0, 0.1) is 0 Å². The molecule has 0 bridgehead atoms. The number of hydrogen-bond donors (Lipinski definition) is 2. The predicted molar refractivity (Wildman–Crippen MR) is 140 cm³/mol. The number of aliphatic hydroxyl groups excluding tert-OH is 1. The number of carbonyl (C=O) groups excluding carboxylic acids is 1. The van der Waals surface area contributed by atoms with E-state index >= 15 is 0 Å². The van der Waals surface area contributed by atoms with Gasteiger partial charge < -0.3 is 20.1 Å². The fourth-order valence-corrected chi connectivity index (χ4v) is 4.01. The van der Waals surface area contributed by atoms with Crippen molar-refractivity contribution in [2.24, 2.45) is 0 Å². The lowest BCUT2D eigenvalue weighted by atomic mass is 10.2. The molecule has 0 spiro atoms. The minimum absolute atomic E-state index is 0.191. The Labute approximate surface area is 206 Å². The van der Waals surface area contributed by atoms with Crippen LogP contribution in [0.2, 0.25) is 0 Å². The summed E-state index contributed by atoms with van der Waals surface area (Å²) < 4.78 is 5.68. The predicted octanol–water partition coefficient (Wildman–Crippen LogP) is 3.69. The van der Waals surface area contributed by atoms with E-state index in [1.807, 2.05) is 72.8 Å². The number of carbonyl (C=O) groups is 1. The molecule has 0 saturated carbocycles. The van der Waals surface area contributed by atoms with Gasteiger partial charge in [0, 0.05) is 32.3 Å². The highest BCUT2D eigenvalue weighted by molar-refractivity contribution is 6.01. The number of β-amino-alcohol motifs (C(OH)–C–C–N with tert-alkyl or cyclic N) is 1. The molecule has 1 unspecified atom stereocenters. The molecular formula is C28H32N4O3. The number of nitrogens with zero attached hydrogens (tertiary/aromatic N) is 3. The molecule has 0 aliphatic carbocycles. The summed E-state index contributed by atoms with van der Waals surface area (Å²) in [5.74, 6) is 1.47. The molecule has 1 aliphatic heterocycles. The number of para-hydroxylation sites is 1. The first kappa shape index (κ1) is 24.4. The number of nitrogens with one attached hydrogen (secondary N) is 1. The average molecular weight is 473 g/mol. The van der Waals surface area contributed by atoms with Crippen LogP contribution < -0.4 is 15.0 Å². The lowest BCUT2D eigenvalue weighted by molar-refractivity contribution is -0.111. The monoisotopic (exact) mass is 472 g/mol. The Hall–Kier alpha value is -3.68. The molecule has 2 heterocycles. The second-order valence-corrected chi connectivity index (χ2v) is 8.56. The molecule has 3 aromatic rings. The first-order chi connectivity index (χ1) is 17.2. The smallest absolute Gasteiger partial charge is 0.248 e. The first-order valence-corrected chi connectivity index (χ1v) is 12.0. The van der Waals surface area contributed by atoms with Crippen LogP contribution in [-0.2, 0) is 4.79 Å². The number of ether oxygens (including phenoxy) is 1. The number of pyridine rings is 1. The van der Waals surface area contributed by atoms with E-state index < -0.39 is 6.10 Å². The van der Waals surface area contributed by atoms with Crippen molar-refractivity contribution < 1.29 is 14.6 Å². The van der Waals surface area contributed by atoms with Gasteiger partial charge in [-0.2, -0.15) is 0 Å². The third-order valence-corrected chi connectivity index (χ3v) is 5.81. The molecule has 0 radical (unpaired) electrons. The van der Waals surface area contributed by atoms with Crippen molar-refractivity contribution in [2.75, 3.05) is 49.5 Å². The van der Waals surface area contributed by atoms with Crippen molar-refractivity contribution in [3.63, 3.8) is 0 Å². The Bertz CT molecular complexity index is 1070. The summed E-state index contributed by atoms with van der Waals surface area (Å²) in [4.78, 5) is 21.3. The number of hydrogen-bond acceptors (Lipinski definition) is 6. The van der Waals surface area contributed by atoms with Crippen LogP contribution in [-0.4, -0.2) is 66.3 Å². The van der Waals surface area contributed by atoms with E-state index in [1.54, 1.807) is 12.3 Å². The molecule has 35 heavy (non-hydrogen) atoms. The van der Waals surface area contributed by atoms with E-state index in [4.69, 9.17) is 4.74 Å². The molecule has 1 fully saturated rings. The fraction of sp³-hybridized carbons (Fsp3) is 0.286. The largest absolute Gasteiger partial charge is 0.491 e. The molecule has 2 aromatic carbocycles. The van der Waals surface area contributed by atoms with Gasteiger partial charge in [0.05, 0.1) is 11.9 Å². The summed E-state index contributed by atoms with van der Waals surface area (Å²) >= 11 is 0. The number of rotatable bonds is 9. The minimum Gasteiger partial charge on any atom is -0.491 e. The zero-order valence-electron chi connectivity index (χ0n) is 19.8. The molecule has 7 nitrogen and oxygen atoms in total. The van der Waals surface area contributed by atoms with Gasteiger partial charge in [-0.1, -0.05) is 48.5 Å². The van der Waals surface area contributed by atoms with Crippen LogP contribution in [0.1, 0.15) is 12.0 Å². The van der Waals surface area contributed by atoms with Crippen LogP contribution in [0.4, 0.5) is 11.5 Å². The normalized spacial score (nSPS) is 15.5. The Kier molecular flexibility index (Phi) is 8.86. The first-order valence-electron chi connectivity index (χ1n) is 12.0. The quantitative estimate of drug-likeness (QED) is 0.463. The van der Waals surface area contributed by atoms with Crippen molar-refractivity contribution >= 4 is 23.5 Å². The average Bonchev–Trinajstić information content (AvgIpc) is 3.13. The summed E-state index contributed by atoms with van der Waals surface area (Å²) in [5, 5.41) is 13.3. The van der Waals surface area contributed by atoms with Gasteiger partial charge in [0.2, 0.25) is 5.91 Å². The molecular weight excluding hydrogens is 440 g/mol. The maximum absolute atomic E-state index is 12.2. The molecule has 2 N–H and O–H groups in total.